The van der Waals surface area contributed by atoms with Gasteiger partial charge < -0.3 is 9.84 Å². The van der Waals surface area contributed by atoms with Crippen LogP contribution in [0.15, 0.2) is 35.0 Å². The van der Waals surface area contributed by atoms with Gasteiger partial charge in [0.2, 0.25) is 0 Å². The molecule has 0 aliphatic heterocycles. The van der Waals surface area contributed by atoms with Crippen molar-refractivity contribution in [1.29, 1.82) is 0 Å². The van der Waals surface area contributed by atoms with Crippen molar-refractivity contribution in [3.05, 3.63) is 56.9 Å². The molecule has 0 unspecified atom stereocenters. The Balaban J connectivity index is 1.92. The second kappa shape index (κ2) is 5.65. The number of nitrogens with zero attached hydrogens (tertiary/aromatic N) is 3. The standard InChI is InChI=1S/C14H9ClN4O4/c1-7-10-4-8(6-16-14(10)23-18-7)17-13(20)11-5-9(19(21)22)2-3-12(11)15/h2-6H,1H3,(H,17,20). The van der Waals surface area contributed by atoms with Crippen molar-refractivity contribution in [2.75, 3.05) is 5.32 Å². The van der Waals surface area contributed by atoms with Crippen LogP contribution in [0.25, 0.3) is 11.1 Å². The summed E-state index contributed by atoms with van der Waals surface area (Å²) in [5, 5.41) is 17.9. The Kier molecular flexibility index (Phi) is 3.67. The second-order valence-corrected chi connectivity index (χ2v) is 5.13. The van der Waals surface area contributed by atoms with Crippen LogP contribution in [0, 0.1) is 17.0 Å². The lowest BCUT2D eigenvalue weighted by Gasteiger charge is -2.06. The Bertz CT molecular complexity index is 938. The van der Waals surface area contributed by atoms with E-state index in [1.807, 2.05) is 0 Å². The van der Waals surface area contributed by atoms with Crippen LogP contribution >= 0.6 is 11.6 Å². The number of halogens is 1. The molecule has 0 radical (unpaired) electrons. The topological polar surface area (TPSA) is 111 Å². The molecule has 0 aliphatic rings. The molecule has 0 bridgehead atoms. The smallest absolute Gasteiger partial charge is 0.270 e. The highest BCUT2D eigenvalue weighted by molar-refractivity contribution is 6.34. The van der Waals surface area contributed by atoms with Gasteiger partial charge in [0, 0.05) is 12.1 Å². The SMILES string of the molecule is Cc1noc2ncc(NC(=O)c3cc([N+](=O)[O-])ccc3Cl)cc12. The van der Waals surface area contributed by atoms with Crippen molar-refractivity contribution < 1.29 is 14.2 Å². The van der Waals surface area contributed by atoms with E-state index in [2.05, 4.69) is 15.5 Å². The molecule has 23 heavy (non-hydrogen) atoms. The first-order valence-corrected chi connectivity index (χ1v) is 6.81. The van der Waals surface area contributed by atoms with Gasteiger partial charge in [0.25, 0.3) is 17.3 Å². The van der Waals surface area contributed by atoms with Gasteiger partial charge in [-0.3, -0.25) is 14.9 Å². The van der Waals surface area contributed by atoms with Crippen molar-refractivity contribution in [3.63, 3.8) is 0 Å². The highest BCUT2D eigenvalue weighted by Gasteiger charge is 2.16. The zero-order valence-electron chi connectivity index (χ0n) is 11.7. The summed E-state index contributed by atoms with van der Waals surface area (Å²) in [5.41, 5.74) is 1.17. The lowest BCUT2D eigenvalue weighted by atomic mass is 10.2. The summed E-state index contributed by atoms with van der Waals surface area (Å²) >= 11 is 5.94. The Morgan fingerprint density at radius 1 is 1.39 bits per heavy atom. The van der Waals surface area contributed by atoms with Crippen molar-refractivity contribution >= 4 is 40.0 Å². The molecule has 1 N–H and O–H groups in total. The molecule has 8 nitrogen and oxygen atoms in total. The molecule has 9 heteroatoms. The predicted octanol–water partition coefficient (Wildman–Crippen LogP) is 3.35. The molecule has 2 heterocycles. The second-order valence-electron chi connectivity index (χ2n) is 4.72. The van der Waals surface area contributed by atoms with Gasteiger partial charge >= 0.3 is 0 Å². The first-order valence-electron chi connectivity index (χ1n) is 6.43. The molecule has 1 amide bonds. The molecule has 3 rings (SSSR count). The van der Waals surface area contributed by atoms with E-state index in [0.717, 1.165) is 6.07 Å². The zero-order valence-corrected chi connectivity index (χ0v) is 12.5. The third-order valence-electron chi connectivity index (χ3n) is 3.17. The van der Waals surface area contributed by atoms with Gasteiger partial charge in [-0.1, -0.05) is 16.8 Å². The van der Waals surface area contributed by atoms with Gasteiger partial charge in [-0.15, -0.1) is 0 Å². The number of pyridine rings is 1. The molecule has 0 fully saturated rings. The molecule has 1 aromatic carbocycles. The number of aryl methyl sites for hydroxylation is 1. The van der Waals surface area contributed by atoms with Gasteiger partial charge in [0.1, 0.15) is 0 Å². The highest BCUT2D eigenvalue weighted by atomic mass is 35.5. The summed E-state index contributed by atoms with van der Waals surface area (Å²) in [6, 6.07) is 5.30. The van der Waals surface area contributed by atoms with Gasteiger partial charge in [-0.05, 0) is 19.1 Å². The van der Waals surface area contributed by atoms with E-state index in [0.29, 0.717) is 22.5 Å². The van der Waals surface area contributed by atoms with E-state index < -0.39 is 10.8 Å². The molecule has 0 aliphatic carbocycles. The summed E-state index contributed by atoms with van der Waals surface area (Å²) in [6.45, 7) is 1.75. The van der Waals surface area contributed by atoms with Crippen LogP contribution in [0.2, 0.25) is 5.02 Å². The summed E-state index contributed by atoms with van der Waals surface area (Å²) in [6.07, 6.45) is 1.40. The lowest BCUT2D eigenvalue weighted by molar-refractivity contribution is -0.384. The quantitative estimate of drug-likeness (QED) is 0.581. The number of anilines is 1. The average molecular weight is 333 g/mol. The molecule has 0 saturated carbocycles. The normalized spacial score (nSPS) is 10.7. The number of nitro benzene ring substituents is 1. The maximum Gasteiger partial charge on any atom is 0.270 e. The minimum Gasteiger partial charge on any atom is -0.336 e. The van der Waals surface area contributed by atoms with Crippen LogP contribution in [-0.4, -0.2) is 21.0 Å². The number of benzene rings is 1. The summed E-state index contributed by atoms with van der Waals surface area (Å²) < 4.78 is 4.98. The fraction of sp³-hybridized carbons (Fsp3) is 0.0714. The number of hydrogen-bond donors (Lipinski definition) is 1. The van der Waals surface area contributed by atoms with E-state index in [1.54, 1.807) is 13.0 Å². The van der Waals surface area contributed by atoms with Crippen LogP contribution in [-0.2, 0) is 0 Å². The van der Waals surface area contributed by atoms with Crippen LogP contribution in [0.1, 0.15) is 16.1 Å². The first kappa shape index (κ1) is 14.9. The van der Waals surface area contributed by atoms with E-state index in [-0.39, 0.29) is 16.3 Å². The third-order valence-corrected chi connectivity index (χ3v) is 3.50. The monoisotopic (exact) mass is 332 g/mol. The maximum atomic E-state index is 12.3. The summed E-state index contributed by atoms with van der Waals surface area (Å²) in [7, 11) is 0. The van der Waals surface area contributed by atoms with Crippen LogP contribution in [0.4, 0.5) is 11.4 Å². The molecule has 0 atom stereocenters. The van der Waals surface area contributed by atoms with Gasteiger partial charge in [-0.25, -0.2) is 4.98 Å². The molecular formula is C14H9ClN4O4. The van der Waals surface area contributed by atoms with E-state index in [4.69, 9.17) is 16.1 Å². The number of aromatic nitrogens is 2. The molecule has 0 saturated heterocycles. The van der Waals surface area contributed by atoms with E-state index >= 15 is 0 Å². The average Bonchev–Trinajstić information content (AvgIpc) is 2.88. The Morgan fingerprint density at radius 3 is 2.91 bits per heavy atom. The third kappa shape index (κ3) is 2.84. The fourth-order valence-electron chi connectivity index (χ4n) is 2.01. The van der Waals surface area contributed by atoms with Crippen LogP contribution in [0.5, 0.6) is 0 Å². The molecule has 2 aromatic heterocycles. The number of rotatable bonds is 3. The predicted molar refractivity (Wildman–Crippen MR) is 82.6 cm³/mol. The number of non-ortho nitro benzene ring substituents is 1. The number of hydrogen-bond acceptors (Lipinski definition) is 6. The molecule has 0 spiro atoms. The van der Waals surface area contributed by atoms with Gasteiger partial charge in [-0.2, -0.15) is 0 Å². The Morgan fingerprint density at radius 2 is 2.17 bits per heavy atom. The minimum absolute atomic E-state index is 0.00278. The number of amides is 1. The van der Waals surface area contributed by atoms with Crippen molar-refractivity contribution in [2.45, 2.75) is 6.92 Å². The summed E-state index contributed by atoms with van der Waals surface area (Å²) in [5.74, 6) is -0.575. The summed E-state index contributed by atoms with van der Waals surface area (Å²) in [4.78, 5) is 26.5. The van der Waals surface area contributed by atoms with Gasteiger partial charge in [0.15, 0.2) is 0 Å². The van der Waals surface area contributed by atoms with Gasteiger partial charge in [0.05, 0.1) is 38.5 Å². The number of nitrogens with one attached hydrogen (secondary N) is 1. The Hall–Kier alpha value is -3.00. The zero-order chi connectivity index (χ0) is 16.6. The number of nitro groups is 1. The highest BCUT2D eigenvalue weighted by Crippen LogP contribution is 2.24. The van der Waals surface area contributed by atoms with E-state index in [1.165, 1.54) is 18.3 Å². The molecule has 116 valence electrons. The Labute approximate surface area is 134 Å². The first-order chi connectivity index (χ1) is 11.0. The van der Waals surface area contributed by atoms with Crippen LogP contribution < -0.4 is 5.32 Å². The fourth-order valence-corrected chi connectivity index (χ4v) is 2.22. The van der Waals surface area contributed by atoms with Crippen molar-refractivity contribution in [3.8, 4) is 0 Å². The van der Waals surface area contributed by atoms with Crippen molar-refractivity contribution in [2.24, 2.45) is 0 Å². The van der Waals surface area contributed by atoms with Crippen LogP contribution in [0.3, 0.4) is 0 Å². The molecule has 3 aromatic rings. The van der Waals surface area contributed by atoms with Crippen molar-refractivity contribution in [1.82, 2.24) is 10.1 Å². The minimum atomic E-state index is -0.596. The number of carbonyl (C=O) groups is 1. The number of fused-ring (bicyclic) bond motifs is 1. The lowest BCUT2D eigenvalue weighted by Crippen LogP contribution is -2.13. The maximum absolute atomic E-state index is 12.3. The molecular weight excluding hydrogens is 324 g/mol. The largest absolute Gasteiger partial charge is 0.336 e. The number of carbonyl (C=O) groups excluding carboxylic acids is 1. The van der Waals surface area contributed by atoms with E-state index in [9.17, 15) is 14.9 Å².